The van der Waals surface area contributed by atoms with Crippen LogP contribution >= 0.6 is 0 Å². The molecule has 0 aromatic heterocycles. The van der Waals surface area contributed by atoms with Crippen molar-refractivity contribution in [2.75, 3.05) is 6.54 Å². The van der Waals surface area contributed by atoms with Gasteiger partial charge in [-0.05, 0) is 29.8 Å². The van der Waals surface area contributed by atoms with Crippen molar-refractivity contribution in [3.63, 3.8) is 0 Å². The molecule has 0 aliphatic carbocycles. The van der Waals surface area contributed by atoms with E-state index in [0.717, 1.165) is 5.56 Å². The predicted molar refractivity (Wildman–Crippen MR) is 115 cm³/mol. The Morgan fingerprint density at radius 2 is 1.26 bits per heavy atom. The van der Waals surface area contributed by atoms with E-state index in [1.54, 1.807) is 36.4 Å². The fourth-order valence-corrected chi connectivity index (χ4v) is 9.01. The van der Waals surface area contributed by atoms with Crippen LogP contribution in [0, 0.1) is 0 Å². The second kappa shape index (κ2) is 7.27. The molecule has 2 aliphatic rings. The van der Waals surface area contributed by atoms with Gasteiger partial charge in [-0.3, -0.25) is 4.84 Å². The number of fused-ring (bicyclic) bond motifs is 2. The molecule has 160 valence electrons. The molecule has 2 aliphatic heterocycles. The predicted octanol–water partition coefficient (Wildman–Crippen LogP) is 3.39. The summed E-state index contributed by atoms with van der Waals surface area (Å²) in [4.78, 5) is 4.28. The van der Waals surface area contributed by atoms with E-state index in [-0.39, 0.29) is 28.8 Å². The Labute approximate surface area is 181 Å². The average Bonchev–Trinajstić information content (AvgIpc) is 3.40. The first-order valence-corrected chi connectivity index (χ1v) is 13.0. The molecule has 2 heterocycles. The maximum atomic E-state index is 13.9. The molecule has 2 bridgehead atoms. The highest BCUT2D eigenvalue weighted by Crippen LogP contribution is 2.54. The van der Waals surface area contributed by atoms with Gasteiger partial charge >= 0.3 is 0 Å². The quantitative estimate of drug-likeness (QED) is 0.587. The fraction of sp³-hybridized carbons (Fsp3) is 0.217. The van der Waals surface area contributed by atoms with Crippen LogP contribution in [0.3, 0.4) is 0 Å². The van der Waals surface area contributed by atoms with Gasteiger partial charge in [-0.2, -0.15) is 5.06 Å². The van der Waals surface area contributed by atoms with E-state index in [2.05, 4.69) is 0 Å². The number of piperidine rings is 1. The van der Waals surface area contributed by atoms with Gasteiger partial charge in [0.05, 0.1) is 15.8 Å². The van der Waals surface area contributed by atoms with Crippen molar-refractivity contribution >= 4 is 19.7 Å². The van der Waals surface area contributed by atoms with Crippen LogP contribution in [0.15, 0.2) is 101 Å². The van der Waals surface area contributed by atoms with Gasteiger partial charge in [-0.1, -0.05) is 66.7 Å². The minimum Gasteiger partial charge on any atom is -0.274 e. The zero-order valence-corrected chi connectivity index (χ0v) is 18.2. The second-order valence-electron chi connectivity index (χ2n) is 7.80. The topological polar surface area (TPSA) is 80.8 Å². The lowest BCUT2D eigenvalue weighted by atomic mass is 9.96. The molecule has 6 nitrogen and oxygen atoms in total. The summed E-state index contributed by atoms with van der Waals surface area (Å²) in [5.41, 5.74) is 0.892. The summed E-state index contributed by atoms with van der Waals surface area (Å²) in [5, 5.41) is 0.286. The highest BCUT2D eigenvalue weighted by atomic mass is 32.2. The van der Waals surface area contributed by atoms with Crippen LogP contribution in [0.2, 0.25) is 0 Å². The summed E-state index contributed by atoms with van der Waals surface area (Å²) in [6, 6.07) is 25.0. The van der Waals surface area contributed by atoms with Crippen molar-refractivity contribution in [3.8, 4) is 0 Å². The molecule has 0 radical (unpaired) electrons. The maximum Gasteiger partial charge on any atom is 0.214 e. The normalized spacial score (nSPS) is 27.9. The minimum atomic E-state index is -4.13. The summed E-state index contributed by atoms with van der Waals surface area (Å²) < 4.78 is 54.9. The molecule has 8 heteroatoms. The monoisotopic (exact) mass is 455 g/mol. The molecule has 5 rings (SSSR count). The van der Waals surface area contributed by atoms with Crippen molar-refractivity contribution in [1.29, 1.82) is 0 Å². The third-order valence-electron chi connectivity index (χ3n) is 6.07. The highest BCUT2D eigenvalue weighted by molar-refractivity contribution is 7.96. The molecule has 3 aromatic rings. The second-order valence-corrected chi connectivity index (χ2v) is 12.1. The molecule has 2 fully saturated rings. The zero-order valence-electron chi connectivity index (χ0n) is 16.5. The van der Waals surface area contributed by atoms with Crippen molar-refractivity contribution in [3.05, 3.63) is 96.6 Å². The van der Waals surface area contributed by atoms with E-state index in [0.29, 0.717) is 0 Å². The Kier molecular flexibility index (Phi) is 4.78. The Morgan fingerprint density at radius 3 is 1.84 bits per heavy atom. The number of nitrogens with zero attached hydrogens (tertiary/aromatic N) is 1. The fourth-order valence-electron chi connectivity index (χ4n) is 4.53. The lowest BCUT2D eigenvalue weighted by Crippen LogP contribution is -2.52. The first-order chi connectivity index (χ1) is 14.9. The van der Waals surface area contributed by atoms with Crippen LogP contribution in [-0.4, -0.2) is 38.6 Å². The molecule has 0 amide bonds. The van der Waals surface area contributed by atoms with Crippen LogP contribution in [0.5, 0.6) is 0 Å². The van der Waals surface area contributed by atoms with E-state index >= 15 is 0 Å². The van der Waals surface area contributed by atoms with Gasteiger partial charge in [-0.15, -0.1) is 0 Å². The van der Waals surface area contributed by atoms with Crippen molar-refractivity contribution < 1.29 is 21.7 Å². The highest BCUT2D eigenvalue weighted by Gasteiger charge is 2.69. The van der Waals surface area contributed by atoms with Crippen LogP contribution < -0.4 is 0 Å². The van der Waals surface area contributed by atoms with Crippen molar-refractivity contribution in [2.45, 2.75) is 32.4 Å². The lowest BCUT2D eigenvalue weighted by molar-refractivity contribution is -0.125. The van der Waals surface area contributed by atoms with Crippen LogP contribution in [0.1, 0.15) is 18.0 Å². The molecular formula is C23H21NO5S2. The summed E-state index contributed by atoms with van der Waals surface area (Å²) in [6.45, 7) is -0.0249. The molecule has 3 aromatic carbocycles. The number of benzene rings is 3. The molecule has 0 saturated carbocycles. The van der Waals surface area contributed by atoms with Gasteiger partial charge in [0.15, 0.2) is 9.84 Å². The summed E-state index contributed by atoms with van der Waals surface area (Å²) in [5.74, 6) is 0. The average molecular weight is 456 g/mol. The molecule has 0 spiro atoms. The number of rotatable bonds is 5. The molecule has 2 saturated heterocycles. The summed E-state index contributed by atoms with van der Waals surface area (Å²) in [7, 11) is -8.10. The number of hydrogen-bond acceptors (Lipinski definition) is 6. The SMILES string of the molecule is O=S(=O)(c1ccccc1)[C@@H]1CN2OC1(S(=O)(=O)c1ccccc1)C[C@@H]2c1ccccc1. The first-order valence-electron chi connectivity index (χ1n) is 9.96. The number of hydrogen-bond donors (Lipinski definition) is 0. The molecule has 4 atom stereocenters. The largest absolute Gasteiger partial charge is 0.274 e. The Bertz CT molecular complexity index is 1300. The van der Waals surface area contributed by atoms with E-state index in [9.17, 15) is 16.8 Å². The standard InChI is InChI=1S/C23H21NO5S2/c25-30(26,19-12-6-2-7-13-19)22-17-24-21(18-10-4-1-5-11-18)16-23(22,29-24)31(27,28)20-14-8-3-9-15-20/h1-15,21-22H,16-17H2/t21-,22-,23?/m1/s1. The van der Waals surface area contributed by atoms with E-state index in [1.807, 2.05) is 30.3 Å². The lowest BCUT2D eigenvalue weighted by Gasteiger charge is -2.32. The van der Waals surface area contributed by atoms with Crippen LogP contribution in [0.4, 0.5) is 0 Å². The van der Waals surface area contributed by atoms with E-state index in [4.69, 9.17) is 4.84 Å². The van der Waals surface area contributed by atoms with Gasteiger partial charge in [0.2, 0.25) is 14.8 Å². The van der Waals surface area contributed by atoms with Gasteiger partial charge < -0.3 is 0 Å². The Morgan fingerprint density at radius 1 is 0.742 bits per heavy atom. The number of sulfone groups is 2. The van der Waals surface area contributed by atoms with E-state index in [1.165, 1.54) is 29.3 Å². The molecule has 0 N–H and O–H groups in total. The smallest absolute Gasteiger partial charge is 0.214 e. The Hall–Kier alpha value is -2.52. The third-order valence-corrected chi connectivity index (χ3v) is 10.8. The van der Waals surface area contributed by atoms with Gasteiger partial charge in [0, 0.05) is 13.0 Å². The maximum absolute atomic E-state index is 13.9. The molecule has 31 heavy (non-hydrogen) atoms. The zero-order chi connectivity index (χ0) is 21.7. The van der Waals surface area contributed by atoms with Gasteiger partial charge in [0.1, 0.15) is 5.25 Å². The van der Waals surface area contributed by atoms with E-state index < -0.39 is 29.9 Å². The molecular weight excluding hydrogens is 434 g/mol. The van der Waals surface area contributed by atoms with Crippen molar-refractivity contribution in [2.24, 2.45) is 0 Å². The summed E-state index contributed by atoms with van der Waals surface area (Å²) in [6.07, 6.45) is 0.0327. The van der Waals surface area contributed by atoms with Gasteiger partial charge in [0.25, 0.3) is 0 Å². The third kappa shape index (κ3) is 3.05. The van der Waals surface area contributed by atoms with Crippen LogP contribution in [0.25, 0.3) is 0 Å². The molecule has 2 unspecified atom stereocenters. The summed E-state index contributed by atoms with van der Waals surface area (Å²) >= 11 is 0. The van der Waals surface area contributed by atoms with Gasteiger partial charge in [-0.25, -0.2) is 16.8 Å². The first kappa shape index (κ1) is 20.4. The van der Waals surface area contributed by atoms with Crippen LogP contribution in [-0.2, 0) is 24.5 Å². The van der Waals surface area contributed by atoms with Crippen molar-refractivity contribution in [1.82, 2.24) is 5.06 Å². The minimum absolute atomic E-state index is 0.0249. The Balaban J connectivity index is 1.66. The number of hydroxylamine groups is 2.